The number of thioether (sulfide) groups is 1. The van der Waals surface area contributed by atoms with Crippen LogP contribution >= 0.6 is 23.1 Å². The van der Waals surface area contributed by atoms with Crippen LogP contribution in [0.4, 0.5) is 5.13 Å². The number of benzene rings is 2. The lowest BCUT2D eigenvalue weighted by molar-refractivity contribution is 0.102. The molecule has 1 heterocycles. The van der Waals surface area contributed by atoms with Crippen molar-refractivity contribution in [2.24, 2.45) is 0 Å². The number of anilines is 1. The number of ether oxygens (including phenoxy) is 1. The highest BCUT2D eigenvalue weighted by Gasteiger charge is 2.13. The third-order valence-corrected chi connectivity index (χ3v) is 5.85. The number of carbonyl (C=O) groups is 1. The van der Waals surface area contributed by atoms with Crippen molar-refractivity contribution < 1.29 is 9.53 Å². The largest absolute Gasteiger partial charge is 0.494 e. The van der Waals surface area contributed by atoms with Gasteiger partial charge >= 0.3 is 0 Å². The third-order valence-electron chi connectivity index (χ3n) is 3.94. The van der Waals surface area contributed by atoms with E-state index in [0.29, 0.717) is 22.6 Å². The van der Waals surface area contributed by atoms with Crippen LogP contribution in [-0.2, 0) is 0 Å². The van der Waals surface area contributed by atoms with Gasteiger partial charge in [0.25, 0.3) is 5.91 Å². The van der Waals surface area contributed by atoms with Gasteiger partial charge in [-0.05, 0) is 62.4 Å². The summed E-state index contributed by atoms with van der Waals surface area (Å²) in [7, 11) is 0. The number of thiazole rings is 1. The molecule has 0 aliphatic heterocycles. The lowest BCUT2D eigenvalue weighted by Crippen LogP contribution is -2.11. The van der Waals surface area contributed by atoms with Crippen LogP contribution in [0.15, 0.2) is 53.4 Å². The molecule has 1 N–H and O–H groups in total. The monoisotopic (exact) mass is 412 g/mol. The number of aryl methyl sites for hydroxylation is 1. The second-order valence-electron chi connectivity index (χ2n) is 6.53. The van der Waals surface area contributed by atoms with Gasteiger partial charge in [-0.25, -0.2) is 4.98 Å². The van der Waals surface area contributed by atoms with Crippen molar-refractivity contribution in [3.05, 3.63) is 59.0 Å². The van der Waals surface area contributed by atoms with Crippen LogP contribution in [0, 0.1) is 6.92 Å². The number of hydrogen-bond acceptors (Lipinski definition) is 5. The summed E-state index contributed by atoms with van der Waals surface area (Å²) in [6, 6.07) is 15.5. The lowest BCUT2D eigenvalue weighted by Gasteiger charge is -2.06. The summed E-state index contributed by atoms with van der Waals surface area (Å²) in [4.78, 5) is 19.4. The highest BCUT2D eigenvalue weighted by molar-refractivity contribution is 7.99. The molecule has 0 spiro atoms. The fraction of sp³-hybridized carbons (Fsp3) is 0.273. The summed E-state index contributed by atoms with van der Waals surface area (Å²) in [5.74, 6) is 0.694. The Hall–Kier alpha value is -2.31. The molecule has 1 amide bonds. The molecule has 4 nitrogen and oxygen atoms in total. The molecule has 6 heteroatoms. The third kappa shape index (κ3) is 5.14. The predicted octanol–water partition coefficient (Wildman–Crippen LogP) is 6.27. The van der Waals surface area contributed by atoms with Gasteiger partial charge in [0.05, 0.1) is 12.3 Å². The molecule has 0 atom stereocenters. The first-order valence-electron chi connectivity index (χ1n) is 9.25. The van der Waals surface area contributed by atoms with Gasteiger partial charge in [0.15, 0.2) is 5.13 Å². The minimum absolute atomic E-state index is 0.145. The highest BCUT2D eigenvalue weighted by Crippen LogP contribution is 2.31. The SMILES string of the molecule is CCOc1ccc(-c2nc(NC(=O)c3ccc(SC(C)C)cc3)sc2C)cc1. The van der Waals surface area contributed by atoms with Crippen molar-refractivity contribution in [3.8, 4) is 17.0 Å². The van der Waals surface area contributed by atoms with Crippen molar-refractivity contribution in [1.29, 1.82) is 0 Å². The second kappa shape index (κ2) is 9.26. The Morgan fingerprint density at radius 1 is 1.14 bits per heavy atom. The van der Waals surface area contributed by atoms with Crippen LogP contribution in [0.2, 0.25) is 0 Å². The van der Waals surface area contributed by atoms with E-state index in [1.807, 2.05) is 62.4 Å². The molecular weight excluding hydrogens is 388 g/mol. The van der Waals surface area contributed by atoms with Crippen LogP contribution in [0.5, 0.6) is 5.75 Å². The maximum Gasteiger partial charge on any atom is 0.257 e. The van der Waals surface area contributed by atoms with Crippen LogP contribution in [0.3, 0.4) is 0 Å². The quantitative estimate of drug-likeness (QED) is 0.465. The lowest BCUT2D eigenvalue weighted by atomic mass is 10.1. The number of amides is 1. The van der Waals surface area contributed by atoms with Crippen LogP contribution in [-0.4, -0.2) is 22.7 Å². The molecule has 2 aromatic carbocycles. The average molecular weight is 413 g/mol. The van der Waals surface area contributed by atoms with Crippen LogP contribution < -0.4 is 10.1 Å². The van der Waals surface area contributed by atoms with Gasteiger partial charge in [-0.2, -0.15) is 0 Å². The summed E-state index contributed by atoms with van der Waals surface area (Å²) < 4.78 is 5.49. The number of rotatable bonds is 7. The summed E-state index contributed by atoms with van der Waals surface area (Å²) in [5, 5.41) is 4.03. The Kier molecular flexibility index (Phi) is 6.75. The molecule has 146 valence electrons. The number of nitrogens with one attached hydrogen (secondary N) is 1. The topological polar surface area (TPSA) is 51.2 Å². The molecule has 28 heavy (non-hydrogen) atoms. The van der Waals surface area contributed by atoms with Gasteiger partial charge in [0, 0.05) is 26.1 Å². The van der Waals surface area contributed by atoms with Gasteiger partial charge in [-0.1, -0.05) is 13.8 Å². The molecule has 0 fully saturated rings. The van der Waals surface area contributed by atoms with Gasteiger partial charge in [0.2, 0.25) is 0 Å². The summed E-state index contributed by atoms with van der Waals surface area (Å²) in [6.07, 6.45) is 0. The molecule has 0 aliphatic carbocycles. The maximum absolute atomic E-state index is 12.6. The van der Waals surface area contributed by atoms with Crippen molar-refractivity contribution in [3.63, 3.8) is 0 Å². The Balaban J connectivity index is 1.71. The number of nitrogens with zero attached hydrogens (tertiary/aromatic N) is 1. The normalized spacial score (nSPS) is 10.9. The highest BCUT2D eigenvalue weighted by atomic mass is 32.2. The Morgan fingerprint density at radius 3 is 2.43 bits per heavy atom. The minimum atomic E-state index is -0.145. The molecule has 3 aromatic rings. The Labute approximate surface area is 174 Å². The molecular formula is C22H24N2O2S2. The summed E-state index contributed by atoms with van der Waals surface area (Å²) in [6.45, 7) is 8.92. The molecule has 3 rings (SSSR count). The van der Waals surface area contributed by atoms with E-state index in [4.69, 9.17) is 4.74 Å². The number of carbonyl (C=O) groups excluding carboxylic acids is 1. The van der Waals surface area contributed by atoms with Gasteiger partial charge < -0.3 is 4.74 Å². The molecule has 0 unspecified atom stereocenters. The molecule has 0 aliphatic rings. The summed E-state index contributed by atoms with van der Waals surface area (Å²) >= 11 is 3.26. The second-order valence-corrected chi connectivity index (χ2v) is 9.38. The zero-order valence-corrected chi connectivity index (χ0v) is 18.1. The fourth-order valence-corrected chi connectivity index (χ4v) is 4.39. The van der Waals surface area contributed by atoms with Gasteiger partial charge in [-0.3, -0.25) is 10.1 Å². The first kappa shape index (κ1) is 20.4. The predicted molar refractivity (Wildman–Crippen MR) is 119 cm³/mol. The van der Waals surface area contributed by atoms with E-state index in [2.05, 4.69) is 24.1 Å². The van der Waals surface area contributed by atoms with E-state index in [9.17, 15) is 4.79 Å². The molecule has 0 radical (unpaired) electrons. The van der Waals surface area contributed by atoms with Crippen molar-refractivity contribution >= 4 is 34.1 Å². The molecule has 0 bridgehead atoms. The standard InChI is InChI=1S/C22H24N2O2S2/c1-5-26-18-10-6-16(7-11-18)20-15(4)28-22(23-20)24-21(25)17-8-12-19(13-9-17)27-14(2)3/h6-14H,5H2,1-4H3,(H,23,24,25). The smallest absolute Gasteiger partial charge is 0.257 e. The van der Waals surface area contributed by atoms with E-state index in [1.165, 1.54) is 11.3 Å². The van der Waals surface area contributed by atoms with Crippen LogP contribution in [0.25, 0.3) is 11.3 Å². The van der Waals surface area contributed by atoms with Crippen molar-refractivity contribution in [2.75, 3.05) is 11.9 Å². The van der Waals surface area contributed by atoms with E-state index in [1.54, 1.807) is 11.8 Å². The first-order chi connectivity index (χ1) is 13.5. The molecule has 1 aromatic heterocycles. The average Bonchev–Trinajstić information content (AvgIpc) is 3.03. The van der Waals surface area contributed by atoms with E-state index < -0.39 is 0 Å². The van der Waals surface area contributed by atoms with E-state index in [-0.39, 0.29) is 5.91 Å². The van der Waals surface area contributed by atoms with E-state index in [0.717, 1.165) is 26.8 Å². The number of hydrogen-bond donors (Lipinski definition) is 1. The fourth-order valence-electron chi connectivity index (χ4n) is 2.72. The number of aromatic nitrogens is 1. The minimum Gasteiger partial charge on any atom is -0.494 e. The maximum atomic E-state index is 12.6. The van der Waals surface area contributed by atoms with Crippen LogP contribution in [0.1, 0.15) is 36.0 Å². The molecule has 0 saturated heterocycles. The van der Waals surface area contributed by atoms with Crippen molar-refractivity contribution in [2.45, 2.75) is 37.8 Å². The molecule has 0 saturated carbocycles. The zero-order chi connectivity index (χ0) is 20.1. The first-order valence-corrected chi connectivity index (χ1v) is 10.9. The van der Waals surface area contributed by atoms with Gasteiger partial charge in [-0.15, -0.1) is 23.1 Å². The van der Waals surface area contributed by atoms with E-state index >= 15 is 0 Å². The summed E-state index contributed by atoms with van der Waals surface area (Å²) in [5.41, 5.74) is 2.52. The Bertz CT molecular complexity index is 932. The Morgan fingerprint density at radius 2 is 1.82 bits per heavy atom. The van der Waals surface area contributed by atoms with Gasteiger partial charge in [0.1, 0.15) is 5.75 Å². The van der Waals surface area contributed by atoms with Crippen molar-refractivity contribution in [1.82, 2.24) is 4.98 Å². The zero-order valence-electron chi connectivity index (χ0n) is 16.5.